The van der Waals surface area contributed by atoms with Crippen LogP contribution >= 0.6 is 11.6 Å². The molecule has 0 spiro atoms. The summed E-state index contributed by atoms with van der Waals surface area (Å²) in [6, 6.07) is 1.93. The number of nitrogens with zero attached hydrogens (tertiary/aromatic N) is 4. The molecule has 3 rings (SSSR count). The third kappa shape index (κ3) is 1.87. The normalized spacial score (nSPS) is 11.0. The number of ether oxygens (including phenoxy) is 1. The number of fused-ring (bicyclic) bond motifs is 1. The van der Waals surface area contributed by atoms with E-state index in [1.54, 1.807) is 0 Å². The van der Waals surface area contributed by atoms with E-state index in [-0.39, 0.29) is 16.6 Å². The van der Waals surface area contributed by atoms with Crippen LogP contribution in [0.5, 0.6) is 5.75 Å². The molecule has 0 fully saturated rings. The molecule has 102 valence electrons. The van der Waals surface area contributed by atoms with Gasteiger partial charge in [-0.2, -0.15) is 5.10 Å². The fraction of sp³-hybridized carbons (Fsp3) is 0.0833. The Balaban J connectivity index is 2.31. The molecule has 0 atom stereocenters. The maximum absolute atomic E-state index is 13.4. The minimum absolute atomic E-state index is 0.128. The summed E-state index contributed by atoms with van der Waals surface area (Å²) >= 11 is 5.92. The van der Waals surface area contributed by atoms with Gasteiger partial charge in [0.15, 0.2) is 17.3 Å². The molecule has 8 heteroatoms. The number of hydrogen-bond acceptors (Lipinski definition) is 4. The lowest BCUT2D eigenvalue weighted by Crippen LogP contribution is -2.03. The number of benzene rings is 1. The van der Waals surface area contributed by atoms with Gasteiger partial charge in [0.2, 0.25) is 0 Å². The Kier molecular flexibility index (Phi) is 2.98. The highest BCUT2D eigenvalue weighted by atomic mass is 35.5. The van der Waals surface area contributed by atoms with Crippen LogP contribution in [-0.4, -0.2) is 26.9 Å². The molecule has 1 aromatic carbocycles. The first-order valence-electron chi connectivity index (χ1n) is 5.49. The molecule has 5 nitrogen and oxygen atoms in total. The second-order valence-electron chi connectivity index (χ2n) is 3.90. The van der Waals surface area contributed by atoms with Crippen molar-refractivity contribution in [1.29, 1.82) is 0 Å². The quantitative estimate of drug-likeness (QED) is 0.682. The smallest absolute Gasteiger partial charge is 0.167 e. The van der Waals surface area contributed by atoms with E-state index in [0.717, 1.165) is 12.1 Å². The molecule has 3 aromatic rings. The van der Waals surface area contributed by atoms with Crippen molar-refractivity contribution in [3.05, 3.63) is 41.4 Å². The Bertz CT molecular complexity index is 805. The van der Waals surface area contributed by atoms with Crippen LogP contribution in [0.3, 0.4) is 0 Å². The van der Waals surface area contributed by atoms with E-state index >= 15 is 0 Å². The molecule has 0 aliphatic rings. The van der Waals surface area contributed by atoms with E-state index in [0.29, 0.717) is 11.0 Å². The van der Waals surface area contributed by atoms with Gasteiger partial charge in [-0.05, 0) is 0 Å². The van der Waals surface area contributed by atoms with E-state index in [1.807, 2.05) is 0 Å². The molecule has 20 heavy (non-hydrogen) atoms. The summed E-state index contributed by atoms with van der Waals surface area (Å²) < 4.78 is 33.0. The first kappa shape index (κ1) is 12.7. The standard InChI is InChI=1S/C12H7ClF2N4O/c1-20-10-3-8(15)7(14)2-9(10)19-12-6(4-18-19)11(13)16-5-17-12/h2-5H,1H3. The van der Waals surface area contributed by atoms with Gasteiger partial charge < -0.3 is 4.74 Å². The minimum atomic E-state index is -1.01. The lowest BCUT2D eigenvalue weighted by Gasteiger charge is -2.09. The first-order valence-corrected chi connectivity index (χ1v) is 5.87. The maximum Gasteiger partial charge on any atom is 0.167 e. The molecule has 0 unspecified atom stereocenters. The summed E-state index contributed by atoms with van der Waals surface area (Å²) in [7, 11) is 1.35. The number of hydrogen-bond donors (Lipinski definition) is 0. The Morgan fingerprint density at radius 3 is 2.70 bits per heavy atom. The average molecular weight is 297 g/mol. The zero-order valence-electron chi connectivity index (χ0n) is 10.1. The summed E-state index contributed by atoms with van der Waals surface area (Å²) in [5.41, 5.74) is 0.588. The predicted octanol–water partition coefficient (Wildman–Crippen LogP) is 2.76. The van der Waals surface area contributed by atoms with E-state index in [1.165, 1.54) is 24.3 Å². The third-order valence-corrected chi connectivity index (χ3v) is 3.07. The molecule has 2 aromatic heterocycles. The maximum atomic E-state index is 13.4. The zero-order chi connectivity index (χ0) is 14.3. The molecule has 0 aliphatic carbocycles. The van der Waals surface area contributed by atoms with Crippen LogP contribution in [0.2, 0.25) is 5.15 Å². The van der Waals surface area contributed by atoms with Gasteiger partial charge in [-0.15, -0.1) is 0 Å². The largest absolute Gasteiger partial charge is 0.494 e. The van der Waals surface area contributed by atoms with E-state index in [4.69, 9.17) is 16.3 Å². The summed E-state index contributed by atoms with van der Waals surface area (Å²) in [4.78, 5) is 7.86. The Hall–Kier alpha value is -2.28. The van der Waals surface area contributed by atoms with Crippen molar-refractivity contribution in [2.75, 3.05) is 7.11 Å². The Morgan fingerprint density at radius 1 is 1.20 bits per heavy atom. The number of aromatic nitrogens is 4. The molecule has 0 bridgehead atoms. The van der Waals surface area contributed by atoms with Crippen molar-refractivity contribution in [3.8, 4) is 11.4 Å². The fourth-order valence-corrected chi connectivity index (χ4v) is 2.02. The summed E-state index contributed by atoms with van der Waals surface area (Å²) in [5.74, 6) is -1.89. The van der Waals surface area contributed by atoms with Crippen LogP contribution < -0.4 is 4.74 Å². The summed E-state index contributed by atoms with van der Waals surface area (Å²) in [6.45, 7) is 0. The highest BCUT2D eigenvalue weighted by molar-refractivity contribution is 6.33. The second kappa shape index (κ2) is 4.68. The molecule has 0 amide bonds. The van der Waals surface area contributed by atoms with Crippen molar-refractivity contribution >= 4 is 22.6 Å². The van der Waals surface area contributed by atoms with Gasteiger partial charge in [0, 0.05) is 12.1 Å². The van der Waals surface area contributed by atoms with Crippen molar-refractivity contribution in [2.24, 2.45) is 0 Å². The van der Waals surface area contributed by atoms with E-state index in [9.17, 15) is 8.78 Å². The predicted molar refractivity (Wildman–Crippen MR) is 68.1 cm³/mol. The van der Waals surface area contributed by atoms with Crippen LogP contribution in [0.25, 0.3) is 16.7 Å². The molecule has 2 heterocycles. The molecule has 0 aliphatic heterocycles. The van der Waals surface area contributed by atoms with Crippen LogP contribution in [-0.2, 0) is 0 Å². The topological polar surface area (TPSA) is 52.8 Å². The molecule has 0 N–H and O–H groups in total. The van der Waals surface area contributed by atoms with Crippen LogP contribution in [0.15, 0.2) is 24.7 Å². The number of halogens is 3. The fourth-order valence-electron chi connectivity index (χ4n) is 1.84. The van der Waals surface area contributed by atoms with Crippen LogP contribution in [0, 0.1) is 11.6 Å². The highest BCUT2D eigenvalue weighted by Crippen LogP contribution is 2.29. The van der Waals surface area contributed by atoms with Gasteiger partial charge in [-0.25, -0.2) is 23.4 Å². The average Bonchev–Trinajstić information content (AvgIpc) is 2.86. The van der Waals surface area contributed by atoms with Gasteiger partial charge in [-0.1, -0.05) is 11.6 Å². The Labute approximate surface area is 116 Å². The molecule has 0 saturated heterocycles. The highest BCUT2D eigenvalue weighted by Gasteiger charge is 2.16. The summed E-state index contributed by atoms with van der Waals surface area (Å²) in [6.07, 6.45) is 2.70. The van der Waals surface area contributed by atoms with Crippen molar-refractivity contribution < 1.29 is 13.5 Å². The van der Waals surface area contributed by atoms with E-state index in [2.05, 4.69) is 15.1 Å². The van der Waals surface area contributed by atoms with Crippen molar-refractivity contribution in [3.63, 3.8) is 0 Å². The Morgan fingerprint density at radius 2 is 1.95 bits per heavy atom. The van der Waals surface area contributed by atoms with Gasteiger partial charge in [0.1, 0.15) is 22.9 Å². The van der Waals surface area contributed by atoms with Gasteiger partial charge in [0.05, 0.1) is 18.7 Å². The number of methoxy groups -OCH3 is 1. The van der Waals surface area contributed by atoms with Gasteiger partial charge in [-0.3, -0.25) is 0 Å². The number of rotatable bonds is 2. The van der Waals surface area contributed by atoms with E-state index < -0.39 is 11.6 Å². The first-order chi connectivity index (χ1) is 9.61. The molecule has 0 radical (unpaired) electrons. The second-order valence-corrected chi connectivity index (χ2v) is 4.25. The van der Waals surface area contributed by atoms with Crippen LogP contribution in [0.4, 0.5) is 8.78 Å². The molecular formula is C12H7ClF2N4O. The third-order valence-electron chi connectivity index (χ3n) is 2.77. The summed E-state index contributed by atoms with van der Waals surface area (Å²) in [5, 5.41) is 4.79. The lowest BCUT2D eigenvalue weighted by molar-refractivity contribution is 0.403. The van der Waals surface area contributed by atoms with Gasteiger partial charge in [0.25, 0.3) is 0 Å². The molecular weight excluding hydrogens is 290 g/mol. The van der Waals surface area contributed by atoms with Crippen molar-refractivity contribution in [2.45, 2.75) is 0 Å². The SMILES string of the molecule is COc1cc(F)c(F)cc1-n1ncc2c(Cl)ncnc21. The zero-order valence-corrected chi connectivity index (χ0v) is 10.9. The lowest BCUT2D eigenvalue weighted by atomic mass is 10.2. The monoisotopic (exact) mass is 296 g/mol. The molecule has 0 saturated carbocycles. The minimum Gasteiger partial charge on any atom is -0.494 e. The van der Waals surface area contributed by atoms with Crippen molar-refractivity contribution in [1.82, 2.24) is 19.7 Å². The van der Waals surface area contributed by atoms with Gasteiger partial charge >= 0.3 is 0 Å². The van der Waals surface area contributed by atoms with Crippen LogP contribution in [0.1, 0.15) is 0 Å².